The zero-order valence-electron chi connectivity index (χ0n) is 13.1. The number of nitrogens with one attached hydrogen (secondary N) is 2. The van der Waals surface area contributed by atoms with Gasteiger partial charge in [0.25, 0.3) is 0 Å². The topological polar surface area (TPSA) is 116 Å². The van der Waals surface area contributed by atoms with Crippen molar-refractivity contribution in [1.29, 1.82) is 15.8 Å². The van der Waals surface area contributed by atoms with Gasteiger partial charge >= 0.3 is 0 Å². The summed E-state index contributed by atoms with van der Waals surface area (Å²) in [6, 6.07) is 10.3. The molecule has 0 fully saturated rings. The van der Waals surface area contributed by atoms with E-state index in [1.54, 1.807) is 49.3 Å². The van der Waals surface area contributed by atoms with Crippen LogP contribution < -0.4 is 10.6 Å². The molecular weight excluding hydrogens is 292 g/mol. The first-order chi connectivity index (χ1) is 10.9. The molecule has 2 N–H and O–H groups in total. The minimum absolute atomic E-state index is 0.163. The number of hydrogen-bond acceptors (Lipinski definition) is 6. The minimum Gasteiger partial charge on any atom is -0.343 e. The highest BCUT2D eigenvalue weighted by Gasteiger charge is 2.12. The molecule has 1 aromatic carbocycles. The smallest absolute Gasteiger partial charge is 0.238 e. The lowest BCUT2D eigenvalue weighted by atomic mass is 10.1. The lowest BCUT2D eigenvalue weighted by molar-refractivity contribution is -0.116. The third-order valence-corrected chi connectivity index (χ3v) is 2.75. The van der Waals surface area contributed by atoms with Gasteiger partial charge in [-0.25, -0.2) is 0 Å². The van der Waals surface area contributed by atoms with Crippen molar-refractivity contribution < 1.29 is 4.79 Å². The zero-order valence-corrected chi connectivity index (χ0v) is 13.1. The molecule has 116 valence electrons. The molecule has 0 bridgehead atoms. The summed E-state index contributed by atoms with van der Waals surface area (Å²) in [6.07, 6.45) is 0. The van der Waals surface area contributed by atoms with Gasteiger partial charge in [-0.1, -0.05) is 6.07 Å². The molecule has 0 aliphatic rings. The van der Waals surface area contributed by atoms with Crippen LogP contribution in [-0.2, 0) is 4.79 Å². The molecule has 1 aromatic rings. The second-order valence-corrected chi connectivity index (χ2v) is 5.05. The molecule has 0 saturated carbocycles. The van der Waals surface area contributed by atoms with E-state index in [0.29, 0.717) is 11.4 Å². The lowest BCUT2D eigenvalue weighted by Crippen LogP contribution is -2.27. The maximum Gasteiger partial charge on any atom is 0.238 e. The zero-order chi connectivity index (χ0) is 17.4. The second kappa shape index (κ2) is 8.19. The number of rotatable bonds is 5. The lowest BCUT2D eigenvalue weighted by Gasteiger charge is -2.15. The number of likely N-dealkylation sites (N-methyl/N-ethyl adjacent to an activating group) is 1. The summed E-state index contributed by atoms with van der Waals surface area (Å²) >= 11 is 0. The Labute approximate surface area is 135 Å². The van der Waals surface area contributed by atoms with Gasteiger partial charge in [0.2, 0.25) is 5.91 Å². The van der Waals surface area contributed by atoms with E-state index in [2.05, 4.69) is 10.6 Å². The van der Waals surface area contributed by atoms with E-state index in [1.165, 1.54) is 0 Å². The monoisotopic (exact) mass is 308 g/mol. The average molecular weight is 308 g/mol. The van der Waals surface area contributed by atoms with Gasteiger partial charge in [-0.15, -0.1) is 0 Å². The van der Waals surface area contributed by atoms with Gasteiger partial charge in [-0.3, -0.25) is 4.79 Å². The molecule has 0 spiro atoms. The van der Waals surface area contributed by atoms with Crippen LogP contribution in [0.25, 0.3) is 0 Å². The van der Waals surface area contributed by atoms with E-state index in [-0.39, 0.29) is 23.7 Å². The standard InChI is InChI=1S/C16H16N6O/c1-11-4-5-13(21-16(23)10-22(2)3)14(6-11)20-15(9-19)12(7-17)8-18/h4-6,20H,10H2,1-3H3,(H,21,23). The van der Waals surface area contributed by atoms with Crippen molar-refractivity contribution >= 4 is 17.3 Å². The van der Waals surface area contributed by atoms with Crippen LogP contribution in [0.15, 0.2) is 29.5 Å². The van der Waals surface area contributed by atoms with E-state index in [1.807, 2.05) is 13.0 Å². The van der Waals surface area contributed by atoms with Crippen LogP contribution in [0, 0.1) is 40.9 Å². The molecule has 0 radical (unpaired) electrons. The molecule has 1 rings (SSSR count). The summed E-state index contributed by atoms with van der Waals surface area (Å²) < 4.78 is 0. The Morgan fingerprint density at radius 1 is 1.09 bits per heavy atom. The summed E-state index contributed by atoms with van der Waals surface area (Å²) in [7, 11) is 3.55. The van der Waals surface area contributed by atoms with Crippen LogP contribution in [0.5, 0.6) is 0 Å². The first-order valence-corrected chi connectivity index (χ1v) is 6.68. The summed E-state index contributed by atoms with van der Waals surface area (Å²) in [4.78, 5) is 13.6. The van der Waals surface area contributed by atoms with Crippen LogP contribution in [0.4, 0.5) is 11.4 Å². The van der Waals surface area contributed by atoms with Gasteiger partial charge in [-0.05, 0) is 38.7 Å². The number of carbonyl (C=O) groups excluding carboxylic acids is 1. The second-order valence-electron chi connectivity index (χ2n) is 5.05. The van der Waals surface area contributed by atoms with Crippen LogP contribution in [0.1, 0.15) is 5.56 Å². The Hall–Kier alpha value is -3.34. The average Bonchev–Trinajstić information content (AvgIpc) is 2.49. The predicted octanol–water partition coefficient (Wildman–Crippen LogP) is 1.73. The molecule has 1 amide bonds. The first-order valence-electron chi connectivity index (χ1n) is 6.68. The largest absolute Gasteiger partial charge is 0.343 e. The molecule has 0 aliphatic carbocycles. The number of nitriles is 3. The fraction of sp³-hybridized carbons (Fsp3) is 0.250. The van der Waals surface area contributed by atoms with Crippen LogP contribution in [0.2, 0.25) is 0 Å². The van der Waals surface area contributed by atoms with Gasteiger partial charge < -0.3 is 15.5 Å². The van der Waals surface area contributed by atoms with Crippen LogP contribution in [-0.4, -0.2) is 31.4 Å². The Kier molecular flexibility index (Phi) is 6.30. The third kappa shape index (κ3) is 5.17. The Morgan fingerprint density at radius 2 is 1.74 bits per heavy atom. The van der Waals surface area contributed by atoms with Crippen molar-refractivity contribution in [2.75, 3.05) is 31.3 Å². The number of nitrogens with zero attached hydrogens (tertiary/aromatic N) is 4. The number of anilines is 2. The molecule has 7 nitrogen and oxygen atoms in total. The highest BCUT2D eigenvalue weighted by Crippen LogP contribution is 2.25. The van der Waals surface area contributed by atoms with Crippen LogP contribution >= 0.6 is 0 Å². The van der Waals surface area contributed by atoms with E-state index in [4.69, 9.17) is 15.8 Å². The van der Waals surface area contributed by atoms with Crippen LogP contribution in [0.3, 0.4) is 0 Å². The minimum atomic E-state index is -0.320. The number of carbonyl (C=O) groups is 1. The Morgan fingerprint density at radius 3 is 2.26 bits per heavy atom. The van der Waals surface area contributed by atoms with Gasteiger partial charge in [-0.2, -0.15) is 15.8 Å². The van der Waals surface area contributed by atoms with Gasteiger partial charge in [0.15, 0.2) is 5.57 Å². The molecule has 23 heavy (non-hydrogen) atoms. The predicted molar refractivity (Wildman–Crippen MR) is 85.9 cm³/mol. The number of hydrogen-bond donors (Lipinski definition) is 2. The van der Waals surface area contributed by atoms with Crippen molar-refractivity contribution in [3.05, 3.63) is 35.0 Å². The number of amides is 1. The quantitative estimate of drug-likeness (QED) is 0.800. The molecular formula is C16H16N6O. The maximum absolute atomic E-state index is 11.9. The summed E-state index contributed by atoms with van der Waals surface area (Å²) in [5.41, 5.74) is 1.32. The van der Waals surface area contributed by atoms with Gasteiger partial charge in [0, 0.05) is 0 Å². The van der Waals surface area contributed by atoms with Crippen molar-refractivity contribution in [3.63, 3.8) is 0 Å². The van der Waals surface area contributed by atoms with Gasteiger partial charge in [0.1, 0.15) is 23.9 Å². The normalized spacial score (nSPS) is 9.26. The molecule has 0 aliphatic heterocycles. The highest BCUT2D eigenvalue weighted by molar-refractivity contribution is 5.95. The molecule has 0 heterocycles. The van der Waals surface area contributed by atoms with E-state index >= 15 is 0 Å². The SMILES string of the molecule is Cc1ccc(NC(=O)CN(C)C)c(NC(C#N)=C(C#N)C#N)c1. The number of benzene rings is 1. The van der Waals surface area contributed by atoms with Gasteiger partial charge in [0.05, 0.1) is 17.9 Å². The van der Waals surface area contributed by atoms with Crippen molar-refractivity contribution in [2.45, 2.75) is 6.92 Å². The highest BCUT2D eigenvalue weighted by atomic mass is 16.2. The third-order valence-electron chi connectivity index (χ3n) is 2.75. The molecule has 0 saturated heterocycles. The summed E-state index contributed by atoms with van der Waals surface area (Å²) in [5.74, 6) is -0.217. The van der Waals surface area contributed by atoms with E-state index in [9.17, 15) is 4.79 Å². The fourth-order valence-electron chi connectivity index (χ4n) is 1.77. The molecule has 0 aromatic heterocycles. The molecule has 0 atom stereocenters. The fourth-order valence-corrected chi connectivity index (χ4v) is 1.77. The summed E-state index contributed by atoms with van der Waals surface area (Å²) in [5, 5.41) is 32.3. The Bertz CT molecular complexity index is 742. The number of allylic oxidation sites excluding steroid dienone is 2. The van der Waals surface area contributed by atoms with Crippen molar-refractivity contribution in [3.8, 4) is 18.2 Å². The maximum atomic E-state index is 11.9. The van der Waals surface area contributed by atoms with Crippen molar-refractivity contribution in [2.24, 2.45) is 0 Å². The first kappa shape index (κ1) is 17.7. The molecule has 0 unspecified atom stereocenters. The van der Waals surface area contributed by atoms with E-state index in [0.717, 1.165) is 5.56 Å². The number of aryl methyl sites for hydroxylation is 1. The Balaban J connectivity index is 3.17. The summed E-state index contributed by atoms with van der Waals surface area (Å²) in [6.45, 7) is 2.05. The van der Waals surface area contributed by atoms with E-state index < -0.39 is 0 Å². The molecule has 7 heteroatoms. The van der Waals surface area contributed by atoms with Crippen molar-refractivity contribution in [1.82, 2.24) is 4.90 Å².